The highest BCUT2D eigenvalue weighted by molar-refractivity contribution is 5.80. The second kappa shape index (κ2) is 7.36. The van der Waals surface area contributed by atoms with Crippen LogP contribution in [0.15, 0.2) is 0 Å². The zero-order chi connectivity index (χ0) is 14.4. The summed E-state index contributed by atoms with van der Waals surface area (Å²) in [5.41, 5.74) is 0. The topological polar surface area (TPSA) is 60.9 Å². The third-order valence-corrected chi connectivity index (χ3v) is 3.97. The molecule has 0 aromatic carbocycles. The molecule has 1 fully saturated rings. The van der Waals surface area contributed by atoms with Crippen molar-refractivity contribution in [1.82, 2.24) is 9.80 Å². The van der Waals surface area contributed by atoms with Gasteiger partial charge in [0.2, 0.25) is 0 Å². The molecule has 1 heterocycles. The monoisotopic (exact) mass is 270 g/mol. The molecule has 0 aromatic rings. The van der Waals surface area contributed by atoms with Gasteiger partial charge in [-0.15, -0.1) is 0 Å². The Hall–Kier alpha value is -1.26. The molecule has 0 aromatic heterocycles. The van der Waals surface area contributed by atoms with Crippen molar-refractivity contribution in [2.75, 3.05) is 13.1 Å². The Morgan fingerprint density at radius 3 is 2.63 bits per heavy atom. The Labute approximate surface area is 115 Å². The lowest BCUT2D eigenvalue weighted by Gasteiger charge is -2.35. The number of aliphatic carboxylic acids is 1. The highest BCUT2D eigenvalue weighted by Gasteiger charge is 2.29. The fourth-order valence-corrected chi connectivity index (χ4v) is 2.50. The van der Waals surface area contributed by atoms with Gasteiger partial charge in [0.25, 0.3) is 0 Å². The van der Waals surface area contributed by atoms with Gasteiger partial charge in [0.1, 0.15) is 6.54 Å². The zero-order valence-corrected chi connectivity index (χ0v) is 12.3. The van der Waals surface area contributed by atoms with Crippen LogP contribution in [0.25, 0.3) is 0 Å². The molecular weight excluding hydrogens is 244 g/mol. The maximum absolute atomic E-state index is 12.6. The molecule has 1 aliphatic rings. The average molecular weight is 270 g/mol. The lowest BCUT2D eigenvalue weighted by atomic mass is 10.1. The van der Waals surface area contributed by atoms with Gasteiger partial charge in [-0.05, 0) is 33.1 Å². The predicted octanol–water partition coefficient (Wildman–Crippen LogP) is 2.56. The van der Waals surface area contributed by atoms with Gasteiger partial charge < -0.3 is 14.9 Å². The highest BCUT2D eigenvalue weighted by Crippen LogP contribution is 2.19. The van der Waals surface area contributed by atoms with Crippen molar-refractivity contribution in [3.63, 3.8) is 0 Å². The number of rotatable bonds is 4. The summed E-state index contributed by atoms with van der Waals surface area (Å²) in [4.78, 5) is 26.9. The van der Waals surface area contributed by atoms with Gasteiger partial charge in [0.15, 0.2) is 0 Å². The van der Waals surface area contributed by atoms with Gasteiger partial charge in [-0.1, -0.05) is 19.8 Å². The Kier molecular flexibility index (Phi) is 6.12. The summed E-state index contributed by atoms with van der Waals surface area (Å²) in [5.74, 6) is -0.948. The Bertz CT molecular complexity index is 320. The van der Waals surface area contributed by atoms with Crippen LogP contribution in [0.5, 0.6) is 0 Å². The van der Waals surface area contributed by atoms with E-state index >= 15 is 0 Å². The van der Waals surface area contributed by atoms with E-state index in [0.29, 0.717) is 0 Å². The van der Waals surface area contributed by atoms with Crippen LogP contribution in [-0.2, 0) is 4.79 Å². The largest absolute Gasteiger partial charge is 0.480 e. The standard InChI is InChI=1S/C14H26N2O3/c1-4-11(2)16(10-13(17)18)14(19)15-9-7-5-6-8-12(15)3/h11-12H,4-10H2,1-3H3,(H,17,18). The number of nitrogens with zero attached hydrogens (tertiary/aromatic N) is 2. The van der Waals surface area contributed by atoms with E-state index in [0.717, 1.165) is 38.6 Å². The van der Waals surface area contributed by atoms with Gasteiger partial charge in [0, 0.05) is 18.6 Å². The lowest BCUT2D eigenvalue weighted by Crippen LogP contribution is -2.51. The first-order valence-electron chi connectivity index (χ1n) is 7.26. The summed E-state index contributed by atoms with van der Waals surface area (Å²) in [5, 5.41) is 8.98. The summed E-state index contributed by atoms with van der Waals surface area (Å²) in [6.07, 6.45) is 5.08. The minimum atomic E-state index is -0.948. The molecule has 1 N–H and O–H groups in total. The molecule has 0 aliphatic carbocycles. The third kappa shape index (κ3) is 4.40. The molecule has 5 heteroatoms. The maximum Gasteiger partial charge on any atom is 0.323 e. The smallest absolute Gasteiger partial charge is 0.323 e. The van der Waals surface area contributed by atoms with Gasteiger partial charge >= 0.3 is 12.0 Å². The number of carbonyl (C=O) groups is 2. The van der Waals surface area contributed by atoms with E-state index in [1.165, 1.54) is 4.90 Å². The van der Waals surface area contributed by atoms with Crippen LogP contribution in [0.4, 0.5) is 4.79 Å². The Morgan fingerprint density at radius 2 is 2.05 bits per heavy atom. The van der Waals surface area contributed by atoms with E-state index in [1.54, 1.807) is 0 Å². The molecule has 2 unspecified atom stereocenters. The highest BCUT2D eigenvalue weighted by atomic mass is 16.4. The van der Waals surface area contributed by atoms with E-state index in [2.05, 4.69) is 6.92 Å². The van der Waals surface area contributed by atoms with Crippen LogP contribution in [-0.4, -0.2) is 52.1 Å². The molecule has 0 saturated carbocycles. The number of carboxylic acid groups (broad SMARTS) is 1. The molecule has 1 rings (SSSR count). The first-order valence-corrected chi connectivity index (χ1v) is 7.26. The fourth-order valence-electron chi connectivity index (χ4n) is 2.50. The van der Waals surface area contributed by atoms with E-state index in [1.807, 2.05) is 18.7 Å². The number of carbonyl (C=O) groups excluding carboxylic acids is 1. The molecule has 2 amide bonds. The molecule has 5 nitrogen and oxygen atoms in total. The molecule has 2 atom stereocenters. The molecular formula is C14H26N2O3. The molecule has 0 radical (unpaired) electrons. The van der Waals surface area contributed by atoms with Crippen molar-refractivity contribution in [3.05, 3.63) is 0 Å². The van der Waals surface area contributed by atoms with Crippen molar-refractivity contribution >= 4 is 12.0 Å². The Morgan fingerprint density at radius 1 is 1.37 bits per heavy atom. The SMILES string of the molecule is CCC(C)N(CC(=O)O)C(=O)N1CCCCCC1C. The predicted molar refractivity (Wildman–Crippen MR) is 74.1 cm³/mol. The average Bonchev–Trinajstić information content (AvgIpc) is 2.58. The van der Waals surface area contributed by atoms with Crippen LogP contribution >= 0.6 is 0 Å². The van der Waals surface area contributed by atoms with E-state index < -0.39 is 5.97 Å². The van der Waals surface area contributed by atoms with Crippen molar-refractivity contribution in [3.8, 4) is 0 Å². The number of likely N-dealkylation sites (tertiary alicyclic amines) is 1. The quantitative estimate of drug-likeness (QED) is 0.854. The summed E-state index contributed by atoms with van der Waals surface area (Å²) in [7, 11) is 0. The minimum absolute atomic E-state index is 0.0425. The van der Waals surface area contributed by atoms with Crippen molar-refractivity contribution in [1.29, 1.82) is 0 Å². The lowest BCUT2D eigenvalue weighted by molar-refractivity contribution is -0.138. The minimum Gasteiger partial charge on any atom is -0.480 e. The van der Waals surface area contributed by atoms with Crippen molar-refractivity contribution in [2.24, 2.45) is 0 Å². The maximum atomic E-state index is 12.6. The van der Waals surface area contributed by atoms with Crippen LogP contribution in [0.3, 0.4) is 0 Å². The van der Waals surface area contributed by atoms with Crippen LogP contribution in [0, 0.1) is 0 Å². The summed E-state index contributed by atoms with van der Waals surface area (Å²) >= 11 is 0. The molecule has 19 heavy (non-hydrogen) atoms. The summed E-state index contributed by atoms with van der Waals surface area (Å²) in [6.45, 7) is 6.46. The molecule has 1 aliphatic heterocycles. The number of amides is 2. The van der Waals surface area contributed by atoms with Gasteiger partial charge in [-0.25, -0.2) is 4.79 Å². The molecule has 1 saturated heterocycles. The van der Waals surface area contributed by atoms with Crippen LogP contribution in [0.1, 0.15) is 52.9 Å². The second-order valence-electron chi connectivity index (χ2n) is 5.45. The zero-order valence-electron chi connectivity index (χ0n) is 12.3. The van der Waals surface area contributed by atoms with E-state index in [9.17, 15) is 9.59 Å². The fraction of sp³-hybridized carbons (Fsp3) is 0.857. The summed E-state index contributed by atoms with van der Waals surface area (Å²) < 4.78 is 0. The molecule has 0 bridgehead atoms. The Balaban J connectivity index is 2.81. The normalized spacial score (nSPS) is 21.6. The third-order valence-electron chi connectivity index (χ3n) is 3.97. The van der Waals surface area contributed by atoms with Crippen LogP contribution in [0.2, 0.25) is 0 Å². The van der Waals surface area contributed by atoms with Gasteiger partial charge in [-0.3, -0.25) is 4.79 Å². The number of hydrogen-bond donors (Lipinski definition) is 1. The number of carboxylic acids is 1. The van der Waals surface area contributed by atoms with Gasteiger partial charge in [-0.2, -0.15) is 0 Å². The first-order chi connectivity index (χ1) is 8.97. The van der Waals surface area contributed by atoms with E-state index in [-0.39, 0.29) is 24.7 Å². The number of hydrogen-bond acceptors (Lipinski definition) is 2. The summed E-state index contributed by atoms with van der Waals surface area (Å²) in [6, 6.07) is 0.0422. The van der Waals surface area contributed by atoms with E-state index in [4.69, 9.17) is 5.11 Å². The second-order valence-corrected chi connectivity index (χ2v) is 5.45. The van der Waals surface area contributed by atoms with Crippen molar-refractivity contribution in [2.45, 2.75) is 65.0 Å². The molecule has 110 valence electrons. The first kappa shape index (κ1) is 15.8. The van der Waals surface area contributed by atoms with Crippen LogP contribution < -0.4 is 0 Å². The number of urea groups is 1. The van der Waals surface area contributed by atoms with Gasteiger partial charge in [0.05, 0.1) is 0 Å². The van der Waals surface area contributed by atoms with Crippen molar-refractivity contribution < 1.29 is 14.7 Å². The molecule has 0 spiro atoms.